The van der Waals surface area contributed by atoms with Gasteiger partial charge in [-0.1, -0.05) is 13.3 Å². The van der Waals surface area contributed by atoms with Crippen LogP contribution in [0, 0.1) is 11.8 Å². The van der Waals surface area contributed by atoms with Crippen LogP contribution in [0.1, 0.15) is 32.6 Å². The topological polar surface area (TPSA) is 21.3 Å². The first-order valence-corrected chi connectivity index (χ1v) is 6.74. The Morgan fingerprint density at radius 1 is 1.40 bits per heavy atom. The fourth-order valence-corrected chi connectivity index (χ4v) is 2.36. The van der Waals surface area contributed by atoms with Crippen molar-refractivity contribution in [2.75, 3.05) is 32.2 Å². The SMILES string of the molecule is CCC(CCCl)CNCC1CCOCC1. The van der Waals surface area contributed by atoms with Crippen LogP contribution >= 0.6 is 11.6 Å². The Bertz CT molecular complexity index is 144. The molecule has 1 rings (SSSR count). The molecule has 0 aromatic heterocycles. The molecule has 3 heteroatoms. The smallest absolute Gasteiger partial charge is 0.0469 e. The molecule has 15 heavy (non-hydrogen) atoms. The molecule has 0 radical (unpaired) electrons. The van der Waals surface area contributed by atoms with Crippen LogP contribution in [-0.4, -0.2) is 32.2 Å². The lowest BCUT2D eigenvalue weighted by Crippen LogP contribution is -2.31. The van der Waals surface area contributed by atoms with Gasteiger partial charge in [-0.15, -0.1) is 11.6 Å². The van der Waals surface area contributed by atoms with Crippen molar-refractivity contribution < 1.29 is 4.74 Å². The zero-order valence-electron chi connectivity index (χ0n) is 9.80. The molecule has 0 spiro atoms. The van der Waals surface area contributed by atoms with Crippen molar-refractivity contribution in [2.24, 2.45) is 11.8 Å². The molecule has 1 aliphatic rings. The van der Waals surface area contributed by atoms with Gasteiger partial charge in [0.05, 0.1) is 0 Å². The van der Waals surface area contributed by atoms with Crippen molar-refractivity contribution in [3.05, 3.63) is 0 Å². The fraction of sp³-hybridized carbons (Fsp3) is 1.00. The minimum Gasteiger partial charge on any atom is -0.381 e. The van der Waals surface area contributed by atoms with Gasteiger partial charge in [-0.2, -0.15) is 0 Å². The van der Waals surface area contributed by atoms with Crippen molar-refractivity contribution in [3.63, 3.8) is 0 Å². The van der Waals surface area contributed by atoms with Crippen LogP contribution in [0.3, 0.4) is 0 Å². The van der Waals surface area contributed by atoms with E-state index in [1.54, 1.807) is 0 Å². The highest BCUT2D eigenvalue weighted by Crippen LogP contribution is 2.14. The van der Waals surface area contributed by atoms with Crippen LogP contribution in [0.25, 0.3) is 0 Å². The Labute approximate surface area is 98.7 Å². The third-order valence-corrected chi connectivity index (χ3v) is 3.52. The van der Waals surface area contributed by atoms with Gasteiger partial charge in [0, 0.05) is 19.1 Å². The zero-order valence-corrected chi connectivity index (χ0v) is 10.6. The van der Waals surface area contributed by atoms with E-state index in [1.165, 1.54) is 19.3 Å². The van der Waals surface area contributed by atoms with Gasteiger partial charge in [0.25, 0.3) is 0 Å². The van der Waals surface area contributed by atoms with Crippen LogP contribution < -0.4 is 5.32 Å². The van der Waals surface area contributed by atoms with Gasteiger partial charge in [0.15, 0.2) is 0 Å². The monoisotopic (exact) mass is 233 g/mol. The number of ether oxygens (including phenoxy) is 1. The second-order valence-corrected chi connectivity index (χ2v) is 4.84. The van der Waals surface area contributed by atoms with E-state index in [1.807, 2.05) is 0 Å². The van der Waals surface area contributed by atoms with E-state index in [4.69, 9.17) is 16.3 Å². The molecule has 1 fully saturated rings. The number of alkyl halides is 1. The second kappa shape index (κ2) is 8.37. The first-order valence-electron chi connectivity index (χ1n) is 6.21. The van der Waals surface area contributed by atoms with E-state index >= 15 is 0 Å². The quantitative estimate of drug-likeness (QED) is 0.683. The molecule has 90 valence electrons. The number of halogens is 1. The highest BCUT2D eigenvalue weighted by molar-refractivity contribution is 6.17. The summed E-state index contributed by atoms with van der Waals surface area (Å²) in [4.78, 5) is 0. The van der Waals surface area contributed by atoms with Crippen molar-refractivity contribution in [1.82, 2.24) is 5.32 Å². The molecule has 0 aromatic rings. The number of hydrogen-bond donors (Lipinski definition) is 1. The van der Waals surface area contributed by atoms with E-state index in [-0.39, 0.29) is 0 Å². The highest BCUT2D eigenvalue weighted by Gasteiger charge is 2.13. The molecule has 1 heterocycles. The summed E-state index contributed by atoms with van der Waals surface area (Å²) in [5.74, 6) is 2.37. The first kappa shape index (κ1) is 13.3. The maximum Gasteiger partial charge on any atom is 0.0469 e. The Morgan fingerprint density at radius 2 is 2.13 bits per heavy atom. The molecule has 0 aliphatic carbocycles. The largest absolute Gasteiger partial charge is 0.381 e. The van der Waals surface area contributed by atoms with E-state index in [0.717, 1.165) is 50.4 Å². The predicted molar refractivity (Wildman–Crippen MR) is 65.5 cm³/mol. The molecule has 1 aliphatic heterocycles. The fourth-order valence-electron chi connectivity index (χ4n) is 2.05. The van der Waals surface area contributed by atoms with Crippen molar-refractivity contribution in [3.8, 4) is 0 Å². The molecule has 0 saturated carbocycles. The van der Waals surface area contributed by atoms with Crippen molar-refractivity contribution in [1.29, 1.82) is 0 Å². The van der Waals surface area contributed by atoms with E-state index < -0.39 is 0 Å². The van der Waals surface area contributed by atoms with Gasteiger partial charge in [0.2, 0.25) is 0 Å². The molecule has 2 nitrogen and oxygen atoms in total. The number of nitrogens with one attached hydrogen (secondary N) is 1. The van der Waals surface area contributed by atoms with Gasteiger partial charge in [0.1, 0.15) is 0 Å². The van der Waals surface area contributed by atoms with Crippen LogP contribution in [-0.2, 0) is 4.74 Å². The van der Waals surface area contributed by atoms with Gasteiger partial charge >= 0.3 is 0 Å². The van der Waals surface area contributed by atoms with Gasteiger partial charge in [-0.3, -0.25) is 0 Å². The lowest BCUT2D eigenvalue weighted by molar-refractivity contribution is 0.0660. The highest BCUT2D eigenvalue weighted by atomic mass is 35.5. The molecular formula is C12H24ClNO. The molecule has 1 N–H and O–H groups in total. The maximum absolute atomic E-state index is 5.76. The number of hydrogen-bond acceptors (Lipinski definition) is 2. The summed E-state index contributed by atoms with van der Waals surface area (Å²) >= 11 is 5.76. The molecule has 0 bridgehead atoms. The molecule has 0 aromatic carbocycles. The van der Waals surface area contributed by atoms with Gasteiger partial charge in [-0.25, -0.2) is 0 Å². The summed E-state index contributed by atoms with van der Waals surface area (Å²) in [6.45, 7) is 6.42. The normalized spacial score (nSPS) is 20.4. The van der Waals surface area contributed by atoms with Crippen LogP contribution in [0.15, 0.2) is 0 Å². The third-order valence-electron chi connectivity index (χ3n) is 3.30. The minimum absolute atomic E-state index is 0.752. The van der Waals surface area contributed by atoms with Crippen molar-refractivity contribution in [2.45, 2.75) is 32.6 Å². The third kappa shape index (κ3) is 5.74. The lowest BCUT2D eigenvalue weighted by Gasteiger charge is -2.23. The zero-order chi connectivity index (χ0) is 10.9. The molecule has 1 atom stereocenters. The molecule has 1 saturated heterocycles. The Balaban J connectivity index is 2.03. The minimum atomic E-state index is 0.752. The van der Waals surface area contributed by atoms with E-state index in [9.17, 15) is 0 Å². The lowest BCUT2D eigenvalue weighted by atomic mass is 9.99. The standard InChI is InChI=1S/C12H24ClNO/c1-2-11(3-6-13)9-14-10-12-4-7-15-8-5-12/h11-12,14H,2-10H2,1H3. The van der Waals surface area contributed by atoms with Crippen LogP contribution in [0.4, 0.5) is 0 Å². The molecule has 0 amide bonds. The summed E-state index contributed by atoms with van der Waals surface area (Å²) in [7, 11) is 0. The Morgan fingerprint density at radius 3 is 2.73 bits per heavy atom. The van der Waals surface area contributed by atoms with Crippen LogP contribution in [0.2, 0.25) is 0 Å². The average Bonchev–Trinajstić information content (AvgIpc) is 2.29. The summed E-state index contributed by atoms with van der Waals surface area (Å²) in [6, 6.07) is 0. The Kier molecular flexibility index (Phi) is 7.41. The molecule has 1 unspecified atom stereocenters. The van der Waals surface area contributed by atoms with E-state index in [0.29, 0.717) is 0 Å². The van der Waals surface area contributed by atoms with Gasteiger partial charge < -0.3 is 10.1 Å². The summed E-state index contributed by atoms with van der Waals surface area (Å²) in [5, 5.41) is 3.58. The number of rotatable bonds is 7. The summed E-state index contributed by atoms with van der Waals surface area (Å²) in [6.07, 6.45) is 4.81. The predicted octanol–water partition coefficient (Wildman–Crippen LogP) is 2.66. The summed E-state index contributed by atoms with van der Waals surface area (Å²) in [5.41, 5.74) is 0. The average molecular weight is 234 g/mol. The second-order valence-electron chi connectivity index (χ2n) is 4.47. The van der Waals surface area contributed by atoms with E-state index in [2.05, 4.69) is 12.2 Å². The van der Waals surface area contributed by atoms with Gasteiger partial charge in [-0.05, 0) is 44.2 Å². The molecular weight excluding hydrogens is 210 g/mol. The van der Waals surface area contributed by atoms with Crippen LogP contribution in [0.5, 0.6) is 0 Å². The Hall–Kier alpha value is 0.210. The first-order chi connectivity index (χ1) is 7.36. The maximum atomic E-state index is 5.76. The van der Waals surface area contributed by atoms with Crippen molar-refractivity contribution >= 4 is 11.6 Å². The summed E-state index contributed by atoms with van der Waals surface area (Å²) < 4.78 is 5.34.